The Kier molecular flexibility index (Phi) is 5.89. The first kappa shape index (κ1) is 18.9. The van der Waals surface area contributed by atoms with E-state index in [2.05, 4.69) is 50.3 Å². The third-order valence-corrected chi connectivity index (χ3v) is 6.25. The number of nitrogens with zero attached hydrogens (tertiary/aromatic N) is 4. The number of carbonyl (C=O) groups excluding carboxylic acids is 1. The van der Waals surface area contributed by atoms with Crippen molar-refractivity contribution in [2.45, 2.75) is 39.0 Å². The van der Waals surface area contributed by atoms with Gasteiger partial charge in [-0.25, -0.2) is 0 Å². The van der Waals surface area contributed by atoms with E-state index in [0.29, 0.717) is 11.8 Å². The van der Waals surface area contributed by atoms with Crippen LogP contribution < -0.4 is 4.90 Å². The molecule has 4 rings (SSSR count). The summed E-state index contributed by atoms with van der Waals surface area (Å²) in [6.45, 7) is 5.56. The molecule has 28 heavy (non-hydrogen) atoms. The zero-order valence-electron chi connectivity index (χ0n) is 16.8. The van der Waals surface area contributed by atoms with Crippen LogP contribution >= 0.6 is 0 Å². The maximum Gasteiger partial charge on any atom is 0.225 e. The molecular formula is C23H30N4O. The molecule has 0 aliphatic carbocycles. The van der Waals surface area contributed by atoms with Gasteiger partial charge in [-0.15, -0.1) is 5.10 Å². The second-order valence-electron chi connectivity index (χ2n) is 8.25. The topological polar surface area (TPSA) is 49.3 Å². The molecule has 0 N–H and O–H groups in total. The highest BCUT2D eigenvalue weighted by Gasteiger charge is 2.31. The number of aryl methyl sites for hydroxylation is 1. The number of hydrogen-bond acceptors (Lipinski definition) is 4. The van der Waals surface area contributed by atoms with Crippen molar-refractivity contribution in [3.63, 3.8) is 0 Å². The van der Waals surface area contributed by atoms with Gasteiger partial charge in [0.1, 0.15) is 0 Å². The Morgan fingerprint density at radius 1 is 0.929 bits per heavy atom. The van der Waals surface area contributed by atoms with Crippen LogP contribution in [0.15, 0.2) is 42.5 Å². The molecular weight excluding hydrogens is 348 g/mol. The predicted octanol–water partition coefficient (Wildman–Crippen LogP) is 3.48. The van der Waals surface area contributed by atoms with Gasteiger partial charge in [-0.1, -0.05) is 30.3 Å². The summed E-state index contributed by atoms with van der Waals surface area (Å²) < 4.78 is 0. The summed E-state index contributed by atoms with van der Waals surface area (Å²) in [7, 11) is 0. The van der Waals surface area contributed by atoms with E-state index in [9.17, 15) is 4.79 Å². The molecule has 2 aliphatic heterocycles. The van der Waals surface area contributed by atoms with Gasteiger partial charge in [0, 0.05) is 32.1 Å². The van der Waals surface area contributed by atoms with Crippen LogP contribution in [0, 0.1) is 18.8 Å². The maximum atomic E-state index is 13.0. The highest BCUT2D eigenvalue weighted by Crippen LogP contribution is 2.27. The van der Waals surface area contributed by atoms with E-state index < -0.39 is 0 Å². The fourth-order valence-electron chi connectivity index (χ4n) is 4.48. The summed E-state index contributed by atoms with van der Waals surface area (Å²) in [5.74, 6) is 2.17. The standard InChI is InChI=1S/C23H30N4O/c1-18-7-8-22(25-24-18)26-15-11-21(12-16-26)23(28)27-13-9-20(10-14-27)17-19-5-3-2-4-6-19/h2-8,20-21H,9-17H2,1H3. The zero-order valence-corrected chi connectivity index (χ0v) is 16.8. The van der Waals surface area contributed by atoms with Gasteiger partial charge in [0.25, 0.3) is 0 Å². The molecule has 148 valence electrons. The summed E-state index contributed by atoms with van der Waals surface area (Å²) in [5.41, 5.74) is 2.35. The van der Waals surface area contributed by atoms with Crippen molar-refractivity contribution < 1.29 is 4.79 Å². The number of anilines is 1. The van der Waals surface area contributed by atoms with Gasteiger partial charge in [-0.2, -0.15) is 5.10 Å². The molecule has 1 aromatic heterocycles. The quantitative estimate of drug-likeness (QED) is 0.817. The fraction of sp³-hybridized carbons (Fsp3) is 0.522. The SMILES string of the molecule is Cc1ccc(N2CCC(C(=O)N3CCC(Cc4ccccc4)CC3)CC2)nn1. The lowest BCUT2D eigenvalue weighted by Gasteiger charge is -2.37. The van der Waals surface area contributed by atoms with Crippen molar-refractivity contribution >= 4 is 11.7 Å². The fourth-order valence-corrected chi connectivity index (χ4v) is 4.48. The lowest BCUT2D eigenvalue weighted by molar-refractivity contribution is -0.137. The Morgan fingerprint density at radius 2 is 1.64 bits per heavy atom. The summed E-state index contributed by atoms with van der Waals surface area (Å²) in [6, 6.07) is 14.8. The van der Waals surface area contributed by atoms with Crippen LogP contribution in [-0.2, 0) is 11.2 Å². The van der Waals surface area contributed by atoms with Gasteiger partial charge in [-0.3, -0.25) is 4.79 Å². The van der Waals surface area contributed by atoms with Gasteiger partial charge < -0.3 is 9.80 Å². The molecule has 2 aliphatic rings. The molecule has 5 nitrogen and oxygen atoms in total. The Hall–Kier alpha value is -2.43. The molecule has 3 heterocycles. The molecule has 0 saturated carbocycles. The van der Waals surface area contributed by atoms with E-state index in [1.165, 1.54) is 5.56 Å². The van der Waals surface area contributed by atoms with E-state index in [-0.39, 0.29) is 5.92 Å². The van der Waals surface area contributed by atoms with Crippen LogP contribution in [0.3, 0.4) is 0 Å². The zero-order chi connectivity index (χ0) is 19.3. The second-order valence-corrected chi connectivity index (χ2v) is 8.25. The summed E-state index contributed by atoms with van der Waals surface area (Å²) in [4.78, 5) is 17.4. The van der Waals surface area contributed by atoms with Gasteiger partial charge in [0.15, 0.2) is 5.82 Å². The number of benzene rings is 1. The molecule has 2 saturated heterocycles. The van der Waals surface area contributed by atoms with Crippen molar-refractivity contribution in [1.29, 1.82) is 0 Å². The van der Waals surface area contributed by atoms with Gasteiger partial charge in [-0.05, 0) is 62.6 Å². The lowest BCUT2D eigenvalue weighted by atomic mass is 9.88. The van der Waals surface area contributed by atoms with Crippen LogP contribution in [0.4, 0.5) is 5.82 Å². The van der Waals surface area contributed by atoms with Gasteiger partial charge in [0.05, 0.1) is 5.69 Å². The Bertz CT molecular complexity index is 761. The van der Waals surface area contributed by atoms with Crippen LogP contribution in [0.2, 0.25) is 0 Å². The molecule has 1 aromatic carbocycles. The maximum absolute atomic E-state index is 13.0. The summed E-state index contributed by atoms with van der Waals surface area (Å²) >= 11 is 0. The Morgan fingerprint density at radius 3 is 2.29 bits per heavy atom. The monoisotopic (exact) mass is 378 g/mol. The third-order valence-electron chi connectivity index (χ3n) is 6.25. The van der Waals surface area contributed by atoms with E-state index in [1.807, 2.05) is 19.1 Å². The van der Waals surface area contributed by atoms with Crippen LogP contribution in [-0.4, -0.2) is 47.2 Å². The number of likely N-dealkylation sites (tertiary alicyclic amines) is 1. The third kappa shape index (κ3) is 4.51. The number of carbonyl (C=O) groups is 1. The number of aromatic nitrogens is 2. The second kappa shape index (κ2) is 8.72. The Labute approximate surface area is 167 Å². The molecule has 1 amide bonds. The van der Waals surface area contributed by atoms with Gasteiger partial charge in [0.2, 0.25) is 5.91 Å². The van der Waals surface area contributed by atoms with E-state index in [0.717, 1.165) is 69.8 Å². The van der Waals surface area contributed by atoms with Crippen molar-refractivity contribution in [3.05, 3.63) is 53.7 Å². The summed E-state index contributed by atoms with van der Waals surface area (Å²) in [6.07, 6.45) is 5.21. The predicted molar refractivity (Wildman–Crippen MR) is 111 cm³/mol. The first-order chi connectivity index (χ1) is 13.7. The molecule has 2 aromatic rings. The molecule has 5 heteroatoms. The normalized spacial score (nSPS) is 19.0. The number of amides is 1. The van der Waals surface area contributed by atoms with E-state index >= 15 is 0 Å². The molecule has 0 unspecified atom stereocenters. The number of hydrogen-bond donors (Lipinski definition) is 0. The first-order valence-corrected chi connectivity index (χ1v) is 10.6. The largest absolute Gasteiger partial charge is 0.355 e. The molecule has 0 atom stereocenters. The van der Waals surface area contributed by atoms with E-state index in [1.54, 1.807) is 0 Å². The molecule has 0 bridgehead atoms. The molecule has 2 fully saturated rings. The van der Waals surface area contributed by atoms with Crippen LogP contribution in [0.5, 0.6) is 0 Å². The Balaban J connectivity index is 1.24. The minimum atomic E-state index is 0.167. The minimum Gasteiger partial charge on any atom is -0.355 e. The average molecular weight is 379 g/mol. The van der Waals surface area contributed by atoms with Gasteiger partial charge >= 0.3 is 0 Å². The average Bonchev–Trinajstić information content (AvgIpc) is 2.75. The summed E-state index contributed by atoms with van der Waals surface area (Å²) in [5, 5.41) is 8.44. The highest BCUT2D eigenvalue weighted by molar-refractivity contribution is 5.79. The van der Waals surface area contributed by atoms with Crippen molar-refractivity contribution in [3.8, 4) is 0 Å². The van der Waals surface area contributed by atoms with Crippen molar-refractivity contribution in [2.75, 3.05) is 31.1 Å². The van der Waals surface area contributed by atoms with Crippen LogP contribution in [0.1, 0.15) is 36.9 Å². The smallest absolute Gasteiger partial charge is 0.225 e. The molecule has 0 radical (unpaired) electrons. The first-order valence-electron chi connectivity index (χ1n) is 10.6. The van der Waals surface area contributed by atoms with Crippen LogP contribution in [0.25, 0.3) is 0 Å². The highest BCUT2D eigenvalue weighted by atomic mass is 16.2. The van der Waals surface area contributed by atoms with Crippen molar-refractivity contribution in [2.24, 2.45) is 11.8 Å². The van der Waals surface area contributed by atoms with Crippen molar-refractivity contribution in [1.82, 2.24) is 15.1 Å². The minimum absolute atomic E-state index is 0.167. The van der Waals surface area contributed by atoms with E-state index in [4.69, 9.17) is 0 Å². The number of piperidine rings is 2. The number of rotatable bonds is 4. The molecule has 0 spiro atoms. The lowest BCUT2D eigenvalue weighted by Crippen LogP contribution is -2.45.